The van der Waals surface area contributed by atoms with Crippen molar-refractivity contribution in [2.24, 2.45) is 17.6 Å². The molecule has 2 aliphatic heterocycles. The minimum Gasteiger partial charge on any atom is -0.482 e. The number of piperidine rings is 1. The zero-order valence-electron chi connectivity index (χ0n) is 27.8. The maximum absolute atomic E-state index is 15.3. The SMILES string of the molecule is COc1cc(C(=O)N2C[C@H](N)[C@@H]3CC[C@H]2C3)cc2nc(-c3cc4ccc5nc4n3CCCCC[C@]3(F)C[C@H]3C(=O)N[C@@H]5C)c(C3CC3)n12. The van der Waals surface area contributed by atoms with Crippen molar-refractivity contribution >= 4 is 28.5 Å². The smallest absolute Gasteiger partial charge is 0.254 e. The molecule has 2 amide bonds. The molecule has 4 bridgehead atoms. The first-order chi connectivity index (χ1) is 23.2. The summed E-state index contributed by atoms with van der Waals surface area (Å²) >= 11 is 0. The molecule has 3 aliphatic carbocycles. The van der Waals surface area contributed by atoms with Crippen molar-refractivity contribution in [2.75, 3.05) is 13.7 Å². The summed E-state index contributed by atoms with van der Waals surface area (Å²) in [6, 6.07) is 9.86. The number of alkyl halides is 1. The first-order valence-corrected chi connectivity index (χ1v) is 17.9. The molecule has 0 aromatic carbocycles. The topological polar surface area (TPSA) is 120 Å². The number of ether oxygens (including phenoxy) is 1. The minimum atomic E-state index is -1.39. The molecule has 0 spiro atoms. The number of imidazole rings is 1. The van der Waals surface area contributed by atoms with Gasteiger partial charge in [0.2, 0.25) is 5.91 Å². The van der Waals surface area contributed by atoms with Gasteiger partial charge in [0.05, 0.1) is 36.2 Å². The van der Waals surface area contributed by atoms with Gasteiger partial charge in [-0.2, -0.15) is 0 Å². The van der Waals surface area contributed by atoms with Crippen LogP contribution in [0.4, 0.5) is 4.39 Å². The normalized spacial score (nSPS) is 30.4. The van der Waals surface area contributed by atoms with Gasteiger partial charge in [-0.05, 0) is 88.5 Å². The van der Waals surface area contributed by atoms with E-state index in [9.17, 15) is 9.59 Å². The second-order valence-electron chi connectivity index (χ2n) is 15.1. The number of nitrogens with two attached hydrogens (primary N) is 1. The maximum atomic E-state index is 15.3. The summed E-state index contributed by atoms with van der Waals surface area (Å²) in [5, 5.41) is 4.03. The van der Waals surface area contributed by atoms with Crippen LogP contribution in [-0.4, -0.2) is 67.1 Å². The molecule has 9 rings (SSSR count). The van der Waals surface area contributed by atoms with E-state index in [1.165, 1.54) is 0 Å². The second kappa shape index (κ2) is 11.0. The molecule has 4 aromatic heterocycles. The molecule has 0 radical (unpaired) electrons. The van der Waals surface area contributed by atoms with Crippen LogP contribution in [0, 0.1) is 11.8 Å². The minimum absolute atomic E-state index is 0.0121. The van der Waals surface area contributed by atoms with E-state index in [1.54, 1.807) is 7.11 Å². The lowest BCUT2D eigenvalue weighted by atomic mass is 9.94. The third-order valence-electron chi connectivity index (χ3n) is 11.9. The molecule has 3 N–H and O–H groups in total. The Labute approximate surface area is 279 Å². The molecule has 0 unspecified atom stereocenters. The van der Waals surface area contributed by atoms with Gasteiger partial charge in [-0.25, -0.2) is 14.4 Å². The number of hydrogen-bond donors (Lipinski definition) is 2. The van der Waals surface area contributed by atoms with Crippen molar-refractivity contribution in [2.45, 2.75) is 107 Å². The van der Waals surface area contributed by atoms with Gasteiger partial charge in [-0.1, -0.05) is 12.8 Å². The van der Waals surface area contributed by atoms with Gasteiger partial charge < -0.3 is 25.3 Å². The molecule has 11 heteroatoms. The number of likely N-dealkylation sites (tertiary alicyclic amines) is 1. The summed E-state index contributed by atoms with van der Waals surface area (Å²) in [5.41, 5.74) is 10.9. The quantitative estimate of drug-likeness (QED) is 0.293. The fourth-order valence-electron chi connectivity index (χ4n) is 8.90. The van der Waals surface area contributed by atoms with E-state index < -0.39 is 11.6 Å². The number of aromatic nitrogens is 4. The van der Waals surface area contributed by atoms with Crippen LogP contribution in [0.5, 0.6) is 5.88 Å². The van der Waals surface area contributed by atoms with Crippen molar-refractivity contribution in [3.05, 3.63) is 47.3 Å². The summed E-state index contributed by atoms with van der Waals surface area (Å²) in [6.07, 6.45) is 8.37. The van der Waals surface area contributed by atoms with Crippen LogP contribution in [0.25, 0.3) is 28.1 Å². The maximum Gasteiger partial charge on any atom is 0.254 e. The zero-order chi connectivity index (χ0) is 32.9. The Bertz CT molecular complexity index is 1970. The van der Waals surface area contributed by atoms with E-state index in [-0.39, 0.29) is 29.9 Å². The molecule has 48 heavy (non-hydrogen) atoms. The number of carbonyl (C=O) groups is 2. The fraction of sp³-hybridized carbons (Fsp3) is 0.568. The lowest BCUT2D eigenvalue weighted by Gasteiger charge is -2.37. The van der Waals surface area contributed by atoms with Crippen LogP contribution < -0.4 is 15.8 Å². The second-order valence-corrected chi connectivity index (χ2v) is 15.1. The summed E-state index contributed by atoms with van der Waals surface area (Å²) in [4.78, 5) is 39.3. The molecule has 4 fully saturated rings. The van der Waals surface area contributed by atoms with E-state index in [0.29, 0.717) is 48.3 Å². The Hall–Kier alpha value is -3.99. The van der Waals surface area contributed by atoms with Crippen LogP contribution in [0.2, 0.25) is 0 Å². The number of methoxy groups -OCH3 is 1. The van der Waals surface area contributed by atoms with E-state index in [1.807, 2.05) is 30.0 Å². The number of nitrogens with zero attached hydrogens (tertiary/aromatic N) is 5. The van der Waals surface area contributed by atoms with Crippen molar-refractivity contribution in [1.29, 1.82) is 0 Å². The Balaban J connectivity index is 1.14. The van der Waals surface area contributed by atoms with Gasteiger partial charge in [-0.15, -0.1) is 0 Å². The van der Waals surface area contributed by atoms with Crippen LogP contribution in [-0.2, 0) is 11.3 Å². The van der Waals surface area contributed by atoms with Gasteiger partial charge in [-0.3, -0.25) is 14.0 Å². The van der Waals surface area contributed by atoms with E-state index in [4.69, 9.17) is 20.4 Å². The summed E-state index contributed by atoms with van der Waals surface area (Å²) in [7, 11) is 1.65. The third-order valence-corrected chi connectivity index (χ3v) is 11.9. The predicted octanol–water partition coefficient (Wildman–Crippen LogP) is 5.67. The highest BCUT2D eigenvalue weighted by molar-refractivity contribution is 5.96. The molecule has 5 aliphatic rings. The molecule has 10 nitrogen and oxygen atoms in total. The van der Waals surface area contributed by atoms with Gasteiger partial charge in [0.1, 0.15) is 22.7 Å². The van der Waals surface area contributed by atoms with Crippen molar-refractivity contribution < 1.29 is 18.7 Å². The lowest BCUT2D eigenvalue weighted by Crippen LogP contribution is -2.51. The summed E-state index contributed by atoms with van der Waals surface area (Å²) < 4.78 is 25.6. The Morgan fingerprint density at radius 3 is 2.77 bits per heavy atom. The molecule has 6 heterocycles. The fourth-order valence-corrected chi connectivity index (χ4v) is 8.90. The van der Waals surface area contributed by atoms with Gasteiger partial charge in [0.25, 0.3) is 5.91 Å². The van der Waals surface area contributed by atoms with Crippen LogP contribution in [0.3, 0.4) is 0 Å². The largest absolute Gasteiger partial charge is 0.482 e. The zero-order valence-corrected chi connectivity index (χ0v) is 27.8. The first kappa shape index (κ1) is 30.1. The van der Waals surface area contributed by atoms with Crippen molar-refractivity contribution in [3.8, 4) is 17.3 Å². The average molecular weight is 654 g/mol. The molecule has 252 valence electrons. The van der Waals surface area contributed by atoms with E-state index in [0.717, 1.165) is 91.7 Å². The summed E-state index contributed by atoms with van der Waals surface area (Å²) in [5.74, 6) is 0.648. The molecular formula is C37H44FN7O3. The average Bonchev–Trinajstić information content (AvgIpc) is 3.89. The van der Waals surface area contributed by atoms with Gasteiger partial charge in [0, 0.05) is 48.1 Å². The van der Waals surface area contributed by atoms with Crippen LogP contribution in [0.15, 0.2) is 30.3 Å². The van der Waals surface area contributed by atoms with Gasteiger partial charge in [0.15, 0.2) is 5.88 Å². The number of aryl methyl sites for hydroxylation is 1. The van der Waals surface area contributed by atoms with Crippen LogP contribution in [0.1, 0.15) is 105 Å². The van der Waals surface area contributed by atoms with E-state index in [2.05, 4.69) is 26.4 Å². The van der Waals surface area contributed by atoms with Gasteiger partial charge >= 0.3 is 0 Å². The molecule has 6 atom stereocenters. The number of carbonyl (C=O) groups excluding carboxylic acids is 2. The molecular weight excluding hydrogens is 609 g/mol. The molecule has 1 saturated heterocycles. The number of nitrogens with one attached hydrogen (secondary N) is 1. The highest BCUT2D eigenvalue weighted by Crippen LogP contribution is 2.51. The monoisotopic (exact) mass is 653 g/mol. The molecule has 4 aromatic rings. The number of pyridine rings is 2. The Morgan fingerprint density at radius 1 is 1.10 bits per heavy atom. The van der Waals surface area contributed by atoms with E-state index >= 15 is 4.39 Å². The van der Waals surface area contributed by atoms with Crippen LogP contribution >= 0.6 is 0 Å². The van der Waals surface area contributed by atoms with Crippen molar-refractivity contribution in [3.63, 3.8) is 0 Å². The summed E-state index contributed by atoms with van der Waals surface area (Å²) in [6.45, 7) is 3.21. The molecule has 3 saturated carbocycles. The first-order valence-electron chi connectivity index (χ1n) is 17.9. The number of fused-ring (bicyclic) bond motifs is 5. The van der Waals surface area contributed by atoms with Crippen molar-refractivity contribution in [1.82, 2.24) is 29.2 Å². The third kappa shape index (κ3) is 4.82. The lowest BCUT2D eigenvalue weighted by molar-refractivity contribution is -0.124. The highest BCUT2D eigenvalue weighted by atomic mass is 19.1. The Morgan fingerprint density at radius 2 is 1.96 bits per heavy atom. The number of hydrogen-bond acceptors (Lipinski definition) is 6. The predicted molar refractivity (Wildman–Crippen MR) is 180 cm³/mol. The standard InChI is InChI=1S/C37H44FN7O3/c1-20-28-11-9-23-15-29(43(34(23)41-28)13-5-3-4-12-37(38)18-26(37)35(46)40-20)32-33(21-6-7-21)45-30(42-32)16-24(17-31(45)48-2)36(47)44-19-27(39)22-8-10-25(44)14-22/h9,11,15-17,20-22,25-27H,3-8,10,12-14,18-19,39H2,1-2H3,(H,40,46)/t20-,22-,25+,26+,27+,37+/m1/s1. The Kier molecular flexibility index (Phi) is 6.91. The number of amides is 2. The number of halogens is 1. The highest BCUT2D eigenvalue weighted by Gasteiger charge is 2.59. The number of rotatable bonds is 4.